The summed E-state index contributed by atoms with van der Waals surface area (Å²) in [7, 11) is 0. The summed E-state index contributed by atoms with van der Waals surface area (Å²) in [6.07, 6.45) is -8.61. The number of hydrogen-bond acceptors (Lipinski definition) is 4. The fraction of sp³-hybridized carbons (Fsp3) is 0.625. The lowest BCUT2D eigenvalue weighted by atomic mass is 9.90. The van der Waals surface area contributed by atoms with E-state index in [9.17, 15) is 40.7 Å². The minimum absolute atomic E-state index is 0.0382. The number of hydrogen-bond donors (Lipinski definition) is 1. The molecule has 2 atom stereocenters. The van der Waals surface area contributed by atoms with Gasteiger partial charge in [-0.25, -0.2) is 0 Å². The minimum atomic E-state index is -5.05. The lowest BCUT2D eigenvalue weighted by molar-refractivity contribution is -0.192. The van der Waals surface area contributed by atoms with Crippen LogP contribution in [-0.2, 0) is 33.5 Å². The first-order valence-corrected chi connectivity index (χ1v) is 12.1. The third-order valence-corrected chi connectivity index (χ3v) is 7.45. The monoisotopic (exact) mass is 535 g/mol. The Bertz CT molecular complexity index is 1070. The molecule has 0 radical (unpaired) electrons. The van der Waals surface area contributed by atoms with E-state index in [-0.39, 0.29) is 76.0 Å². The van der Waals surface area contributed by atoms with Gasteiger partial charge in [0.15, 0.2) is 0 Å². The number of nitrogens with zero attached hydrogens (tertiary/aromatic N) is 2. The van der Waals surface area contributed by atoms with Crippen LogP contribution in [0.5, 0.6) is 0 Å². The van der Waals surface area contributed by atoms with Crippen LogP contribution in [0.1, 0.15) is 59.2 Å². The van der Waals surface area contributed by atoms with Gasteiger partial charge in [0.05, 0.1) is 5.56 Å². The van der Waals surface area contributed by atoms with Gasteiger partial charge in [0.25, 0.3) is 0 Å². The average Bonchev–Trinajstić information content (AvgIpc) is 3.31. The van der Waals surface area contributed by atoms with E-state index >= 15 is 0 Å². The van der Waals surface area contributed by atoms with Gasteiger partial charge in [-0.05, 0) is 61.8 Å². The first kappa shape index (κ1) is 27.2. The van der Waals surface area contributed by atoms with Crippen molar-refractivity contribution in [3.05, 3.63) is 34.4 Å². The molecule has 2 N–H and O–H groups in total. The number of fused-ring (bicyclic) bond motifs is 1. The predicted octanol–water partition coefficient (Wildman–Crippen LogP) is 3.43. The summed E-state index contributed by atoms with van der Waals surface area (Å²) in [6.45, 7) is 0.429. The lowest BCUT2D eigenvalue weighted by Gasteiger charge is -2.39. The van der Waals surface area contributed by atoms with Crippen LogP contribution in [-0.4, -0.2) is 65.5 Å². The molecule has 3 aliphatic rings. The van der Waals surface area contributed by atoms with Crippen LogP contribution in [0.25, 0.3) is 0 Å². The van der Waals surface area contributed by atoms with Crippen molar-refractivity contribution in [1.82, 2.24) is 9.80 Å². The minimum Gasteiger partial charge on any atom is -0.381 e. The van der Waals surface area contributed by atoms with Crippen LogP contribution in [0.4, 0.5) is 26.3 Å². The maximum atomic E-state index is 13.4. The maximum absolute atomic E-state index is 13.4. The normalized spacial score (nSPS) is 23.0. The van der Waals surface area contributed by atoms with E-state index in [1.807, 2.05) is 0 Å². The topological polar surface area (TPSA) is 92.9 Å². The van der Waals surface area contributed by atoms with Gasteiger partial charge in [-0.3, -0.25) is 14.4 Å². The second-order valence-corrected chi connectivity index (χ2v) is 9.75. The summed E-state index contributed by atoms with van der Waals surface area (Å²) in [5.74, 6) is -3.99. The van der Waals surface area contributed by atoms with Crippen molar-refractivity contribution in [3.63, 3.8) is 0 Å². The first-order chi connectivity index (χ1) is 17.3. The molecule has 0 bridgehead atoms. The van der Waals surface area contributed by atoms with Crippen molar-refractivity contribution in [2.75, 3.05) is 19.8 Å². The molecule has 4 rings (SSSR count). The molecular formula is C24H27F6N3O4. The Kier molecular flexibility index (Phi) is 7.46. The van der Waals surface area contributed by atoms with E-state index < -0.39 is 53.6 Å². The quantitative estimate of drug-likeness (QED) is 0.598. The van der Waals surface area contributed by atoms with E-state index in [0.29, 0.717) is 11.6 Å². The average molecular weight is 535 g/mol. The SMILES string of the molecule is NC(=O)c1cc(C(F)(F)F)cc2c1CCN(C(=O)C1CCC(N(C(=O)C(F)(F)F)C3CCOCC3)C1)C2. The summed E-state index contributed by atoms with van der Waals surface area (Å²) in [4.78, 5) is 39.6. The lowest BCUT2D eigenvalue weighted by Crippen LogP contribution is -2.53. The number of carbonyl (C=O) groups excluding carboxylic acids is 3. The fourth-order valence-electron chi connectivity index (χ4n) is 5.70. The van der Waals surface area contributed by atoms with E-state index in [1.165, 1.54) is 4.90 Å². The Morgan fingerprint density at radius 2 is 1.65 bits per heavy atom. The van der Waals surface area contributed by atoms with Crippen LogP contribution in [0.3, 0.4) is 0 Å². The number of rotatable bonds is 4. The molecule has 2 heterocycles. The second-order valence-electron chi connectivity index (χ2n) is 9.75. The molecule has 7 nitrogen and oxygen atoms in total. The number of carbonyl (C=O) groups is 3. The Hall–Kier alpha value is -2.83. The smallest absolute Gasteiger partial charge is 0.381 e. The van der Waals surface area contributed by atoms with Crippen molar-refractivity contribution in [1.29, 1.82) is 0 Å². The fourth-order valence-corrected chi connectivity index (χ4v) is 5.70. The Balaban J connectivity index is 1.51. The van der Waals surface area contributed by atoms with E-state index in [0.717, 1.165) is 11.0 Å². The summed E-state index contributed by atoms with van der Waals surface area (Å²) < 4.78 is 85.5. The molecule has 1 saturated heterocycles. The molecule has 1 aromatic rings. The van der Waals surface area contributed by atoms with Gasteiger partial charge in [-0.2, -0.15) is 26.3 Å². The third kappa shape index (κ3) is 5.70. The zero-order valence-electron chi connectivity index (χ0n) is 19.8. The number of nitrogens with two attached hydrogens (primary N) is 1. The zero-order valence-corrected chi connectivity index (χ0v) is 19.8. The maximum Gasteiger partial charge on any atom is 0.471 e. The van der Waals surface area contributed by atoms with Crippen molar-refractivity contribution < 1.29 is 45.5 Å². The summed E-state index contributed by atoms with van der Waals surface area (Å²) in [6, 6.07) is 0.189. The summed E-state index contributed by atoms with van der Waals surface area (Å²) in [5, 5.41) is 0. The highest BCUT2D eigenvalue weighted by molar-refractivity contribution is 5.95. The number of amides is 3. The molecule has 13 heteroatoms. The molecule has 1 aliphatic carbocycles. The summed E-state index contributed by atoms with van der Waals surface area (Å²) in [5.41, 5.74) is 4.53. The molecule has 37 heavy (non-hydrogen) atoms. The van der Waals surface area contributed by atoms with Gasteiger partial charge in [-0.1, -0.05) is 0 Å². The Morgan fingerprint density at radius 3 is 2.24 bits per heavy atom. The van der Waals surface area contributed by atoms with Gasteiger partial charge in [-0.15, -0.1) is 0 Å². The first-order valence-electron chi connectivity index (χ1n) is 12.1. The highest BCUT2D eigenvalue weighted by Gasteiger charge is 2.49. The van der Waals surface area contributed by atoms with Crippen molar-refractivity contribution >= 4 is 17.7 Å². The molecule has 2 unspecified atom stereocenters. The number of ether oxygens (including phenoxy) is 1. The number of benzene rings is 1. The van der Waals surface area contributed by atoms with E-state index in [2.05, 4.69) is 0 Å². The van der Waals surface area contributed by atoms with Crippen LogP contribution in [0, 0.1) is 5.92 Å². The Labute approximate surface area is 208 Å². The number of alkyl halides is 6. The van der Waals surface area contributed by atoms with Crippen LogP contribution in [0.2, 0.25) is 0 Å². The molecular weight excluding hydrogens is 508 g/mol. The predicted molar refractivity (Wildman–Crippen MR) is 117 cm³/mol. The zero-order chi connectivity index (χ0) is 27.1. The third-order valence-electron chi connectivity index (χ3n) is 7.45. The molecule has 2 aliphatic heterocycles. The van der Waals surface area contributed by atoms with Gasteiger partial charge < -0.3 is 20.3 Å². The van der Waals surface area contributed by atoms with Crippen LogP contribution in [0.15, 0.2) is 12.1 Å². The second kappa shape index (κ2) is 10.1. The standard InChI is InChI=1S/C24H27F6N3O4/c25-23(26,27)15-9-14-12-32(6-3-18(14)19(11-15)20(31)34)21(35)13-1-2-17(10-13)33(22(36)24(28,29)30)16-4-7-37-8-5-16/h9,11,13,16-17H,1-8,10,12H2,(H2,31,34). The largest absolute Gasteiger partial charge is 0.471 e. The molecule has 204 valence electrons. The van der Waals surface area contributed by atoms with Crippen molar-refractivity contribution in [2.45, 2.75) is 69.5 Å². The molecule has 3 amide bonds. The molecule has 1 aromatic carbocycles. The van der Waals surface area contributed by atoms with E-state index in [1.54, 1.807) is 0 Å². The Morgan fingerprint density at radius 1 is 0.973 bits per heavy atom. The molecule has 0 aromatic heterocycles. The van der Waals surface area contributed by atoms with Gasteiger partial charge in [0, 0.05) is 49.9 Å². The van der Waals surface area contributed by atoms with Crippen molar-refractivity contribution in [2.24, 2.45) is 11.7 Å². The van der Waals surface area contributed by atoms with E-state index in [4.69, 9.17) is 10.5 Å². The molecule has 2 fully saturated rings. The summed E-state index contributed by atoms with van der Waals surface area (Å²) >= 11 is 0. The van der Waals surface area contributed by atoms with Gasteiger partial charge in [0.1, 0.15) is 0 Å². The van der Waals surface area contributed by atoms with Gasteiger partial charge >= 0.3 is 18.3 Å². The van der Waals surface area contributed by atoms with Crippen molar-refractivity contribution in [3.8, 4) is 0 Å². The van der Waals surface area contributed by atoms with Crippen LogP contribution < -0.4 is 5.73 Å². The highest BCUT2D eigenvalue weighted by Crippen LogP contribution is 2.38. The molecule has 0 spiro atoms. The highest BCUT2D eigenvalue weighted by atomic mass is 19.4. The van der Waals surface area contributed by atoms with Gasteiger partial charge in [0.2, 0.25) is 11.8 Å². The number of primary amides is 1. The number of halogens is 6. The van der Waals surface area contributed by atoms with Crippen LogP contribution >= 0.6 is 0 Å². The molecule has 1 saturated carbocycles.